The summed E-state index contributed by atoms with van der Waals surface area (Å²) in [4.78, 5) is 30.6. The van der Waals surface area contributed by atoms with Gasteiger partial charge in [0.15, 0.2) is 0 Å². The average Bonchev–Trinajstić information content (AvgIpc) is 3.25. The van der Waals surface area contributed by atoms with Crippen molar-refractivity contribution in [1.29, 1.82) is 0 Å². The van der Waals surface area contributed by atoms with Gasteiger partial charge in [-0.05, 0) is 24.3 Å². The number of aromatic nitrogens is 1. The zero-order valence-electron chi connectivity index (χ0n) is 11.9. The summed E-state index contributed by atoms with van der Waals surface area (Å²) in [5, 5.41) is 9.81. The summed E-state index contributed by atoms with van der Waals surface area (Å²) < 4.78 is 0. The maximum absolute atomic E-state index is 12.6. The molecule has 0 radical (unpaired) electrons. The largest absolute Gasteiger partial charge is 0.325 e. The van der Waals surface area contributed by atoms with Gasteiger partial charge in [-0.1, -0.05) is 12.8 Å². The summed E-state index contributed by atoms with van der Waals surface area (Å²) in [6.07, 6.45) is 3.51. The Balaban J connectivity index is 1.54. The molecule has 22 heavy (non-hydrogen) atoms. The van der Waals surface area contributed by atoms with Gasteiger partial charge >= 0.3 is 6.03 Å². The topological polar surface area (TPSA) is 62.3 Å². The first-order chi connectivity index (χ1) is 10.7. The number of amides is 3. The van der Waals surface area contributed by atoms with Crippen LogP contribution in [0.25, 0.3) is 10.6 Å². The molecule has 1 spiro atoms. The molecule has 3 amide bonds. The van der Waals surface area contributed by atoms with E-state index in [1.807, 2.05) is 22.2 Å². The van der Waals surface area contributed by atoms with Crippen LogP contribution in [0.15, 0.2) is 22.2 Å². The van der Waals surface area contributed by atoms with E-state index in [0.717, 1.165) is 41.9 Å². The second-order valence-electron chi connectivity index (χ2n) is 5.77. The molecule has 1 saturated heterocycles. The average molecular weight is 333 g/mol. The van der Waals surface area contributed by atoms with Crippen LogP contribution in [-0.2, 0) is 11.3 Å². The van der Waals surface area contributed by atoms with Crippen LogP contribution in [-0.4, -0.2) is 27.4 Å². The van der Waals surface area contributed by atoms with E-state index in [4.69, 9.17) is 0 Å². The van der Waals surface area contributed by atoms with Gasteiger partial charge in [-0.3, -0.25) is 9.69 Å². The third-order valence-electron chi connectivity index (χ3n) is 4.34. The summed E-state index contributed by atoms with van der Waals surface area (Å²) in [7, 11) is 0. The highest BCUT2D eigenvalue weighted by Gasteiger charge is 2.52. The lowest BCUT2D eigenvalue weighted by Crippen LogP contribution is -2.44. The Bertz CT molecular complexity index is 717. The first-order valence-electron chi connectivity index (χ1n) is 7.29. The Morgan fingerprint density at radius 1 is 1.27 bits per heavy atom. The molecule has 1 N–H and O–H groups in total. The lowest BCUT2D eigenvalue weighted by atomic mass is 9.98. The molecule has 5 nitrogen and oxygen atoms in total. The van der Waals surface area contributed by atoms with E-state index in [1.165, 1.54) is 4.90 Å². The molecule has 7 heteroatoms. The number of urea groups is 1. The van der Waals surface area contributed by atoms with Gasteiger partial charge in [0.05, 0.1) is 12.2 Å². The monoisotopic (exact) mass is 333 g/mol. The number of nitrogens with one attached hydrogen (secondary N) is 1. The van der Waals surface area contributed by atoms with E-state index in [0.29, 0.717) is 0 Å². The molecular formula is C15H15N3O2S2. The molecule has 114 valence electrons. The Kier molecular flexibility index (Phi) is 3.27. The van der Waals surface area contributed by atoms with E-state index >= 15 is 0 Å². The van der Waals surface area contributed by atoms with Gasteiger partial charge in [-0.2, -0.15) is 11.3 Å². The van der Waals surface area contributed by atoms with Crippen molar-refractivity contribution in [3.05, 3.63) is 27.9 Å². The lowest BCUT2D eigenvalue weighted by molar-refractivity contribution is -0.131. The number of carbonyl (C=O) groups excluding carboxylic acids is 2. The molecule has 0 bridgehead atoms. The number of hydrogen-bond acceptors (Lipinski definition) is 5. The normalized spacial score (nSPS) is 20.1. The van der Waals surface area contributed by atoms with Crippen molar-refractivity contribution < 1.29 is 9.59 Å². The SMILES string of the molecule is O=C1NC2(CCCC2)C(=O)N1Cc1csc(-c2ccsc2)n1. The molecule has 0 aromatic carbocycles. The minimum absolute atomic E-state index is 0.0833. The molecule has 0 atom stereocenters. The van der Waals surface area contributed by atoms with Crippen LogP contribution in [0, 0.1) is 0 Å². The van der Waals surface area contributed by atoms with Crippen molar-refractivity contribution in [2.75, 3.05) is 0 Å². The van der Waals surface area contributed by atoms with Gasteiger partial charge in [0.25, 0.3) is 5.91 Å². The summed E-state index contributed by atoms with van der Waals surface area (Å²) in [6, 6.07) is 1.74. The molecule has 2 aliphatic rings. The van der Waals surface area contributed by atoms with Crippen LogP contribution in [0.2, 0.25) is 0 Å². The summed E-state index contributed by atoms with van der Waals surface area (Å²) in [6.45, 7) is 0.257. The van der Waals surface area contributed by atoms with Crippen molar-refractivity contribution in [3.63, 3.8) is 0 Å². The Morgan fingerprint density at radius 2 is 2.09 bits per heavy atom. The van der Waals surface area contributed by atoms with Crippen LogP contribution in [0.3, 0.4) is 0 Å². The molecule has 2 aromatic rings. The van der Waals surface area contributed by atoms with Crippen molar-refractivity contribution in [3.8, 4) is 10.6 Å². The molecule has 1 saturated carbocycles. The maximum Gasteiger partial charge on any atom is 0.325 e. The molecule has 0 unspecified atom stereocenters. The van der Waals surface area contributed by atoms with Crippen molar-refractivity contribution in [1.82, 2.24) is 15.2 Å². The van der Waals surface area contributed by atoms with Crippen LogP contribution in [0.5, 0.6) is 0 Å². The van der Waals surface area contributed by atoms with Crippen LogP contribution >= 0.6 is 22.7 Å². The number of thiophene rings is 1. The van der Waals surface area contributed by atoms with E-state index in [9.17, 15) is 9.59 Å². The smallest absolute Gasteiger partial charge is 0.323 e. The fourth-order valence-corrected chi connectivity index (χ4v) is 4.72. The second kappa shape index (κ2) is 5.17. The fourth-order valence-electron chi connectivity index (χ4n) is 3.20. The highest BCUT2D eigenvalue weighted by atomic mass is 32.1. The lowest BCUT2D eigenvalue weighted by Gasteiger charge is -2.19. The van der Waals surface area contributed by atoms with Gasteiger partial charge in [-0.25, -0.2) is 9.78 Å². The Labute approximate surface area is 136 Å². The molecule has 1 aliphatic heterocycles. The summed E-state index contributed by atoms with van der Waals surface area (Å²) in [5.41, 5.74) is 1.22. The minimum Gasteiger partial charge on any atom is -0.323 e. The molecule has 4 rings (SSSR count). The van der Waals surface area contributed by atoms with Crippen molar-refractivity contribution >= 4 is 34.6 Å². The minimum atomic E-state index is -0.636. The van der Waals surface area contributed by atoms with Gasteiger partial charge in [0, 0.05) is 16.3 Å². The highest BCUT2D eigenvalue weighted by molar-refractivity contribution is 7.14. The van der Waals surface area contributed by atoms with Gasteiger partial charge < -0.3 is 5.32 Å². The summed E-state index contributed by atoms with van der Waals surface area (Å²) >= 11 is 3.17. The highest BCUT2D eigenvalue weighted by Crippen LogP contribution is 2.36. The standard InChI is InChI=1S/C15H15N3O2S2/c19-13-15(4-1-2-5-15)17-14(20)18(13)7-11-9-22-12(16-11)10-3-6-21-8-10/h3,6,8-9H,1-2,4-5,7H2,(H,17,20). The Morgan fingerprint density at radius 3 is 2.82 bits per heavy atom. The van der Waals surface area contributed by atoms with E-state index in [2.05, 4.69) is 10.3 Å². The number of thiazole rings is 1. The van der Waals surface area contributed by atoms with Gasteiger partial charge in [0.2, 0.25) is 0 Å². The van der Waals surface area contributed by atoms with E-state index in [-0.39, 0.29) is 18.5 Å². The van der Waals surface area contributed by atoms with Gasteiger partial charge in [0.1, 0.15) is 10.5 Å². The fraction of sp³-hybridized carbons (Fsp3) is 0.400. The number of nitrogens with zero attached hydrogens (tertiary/aromatic N) is 2. The predicted octanol–water partition coefficient (Wildman–Crippen LogP) is 3.24. The first kappa shape index (κ1) is 13.9. The van der Waals surface area contributed by atoms with Crippen LogP contribution in [0.4, 0.5) is 4.79 Å². The molecule has 2 fully saturated rings. The third kappa shape index (κ3) is 2.16. The zero-order chi connectivity index (χ0) is 15.2. The molecule has 2 aromatic heterocycles. The van der Waals surface area contributed by atoms with Gasteiger partial charge in [-0.15, -0.1) is 11.3 Å². The second-order valence-corrected chi connectivity index (χ2v) is 7.40. The first-order valence-corrected chi connectivity index (χ1v) is 9.11. The number of carbonyl (C=O) groups is 2. The number of hydrogen-bond donors (Lipinski definition) is 1. The molecular weight excluding hydrogens is 318 g/mol. The van der Waals surface area contributed by atoms with Crippen LogP contribution in [0.1, 0.15) is 31.4 Å². The van der Waals surface area contributed by atoms with Crippen molar-refractivity contribution in [2.45, 2.75) is 37.8 Å². The van der Waals surface area contributed by atoms with Crippen LogP contribution < -0.4 is 5.32 Å². The quantitative estimate of drug-likeness (QED) is 0.877. The third-order valence-corrected chi connectivity index (χ3v) is 5.97. The van der Waals surface area contributed by atoms with E-state index in [1.54, 1.807) is 22.7 Å². The van der Waals surface area contributed by atoms with E-state index < -0.39 is 5.54 Å². The Hall–Kier alpha value is -1.73. The molecule has 3 heterocycles. The predicted molar refractivity (Wildman–Crippen MR) is 85.7 cm³/mol. The summed E-state index contributed by atoms with van der Waals surface area (Å²) in [5.74, 6) is -0.0833. The van der Waals surface area contributed by atoms with Crippen molar-refractivity contribution in [2.24, 2.45) is 0 Å². The maximum atomic E-state index is 12.6. The number of rotatable bonds is 3. The zero-order valence-corrected chi connectivity index (χ0v) is 13.5. The number of imide groups is 1. The molecule has 1 aliphatic carbocycles.